The molecule has 46 heavy (non-hydrogen) atoms. The molecule has 0 saturated carbocycles. The highest BCUT2D eigenvalue weighted by atomic mass is 32.7. The van der Waals surface area contributed by atoms with Crippen molar-refractivity contribution in [1.29, 1.82) is 0 Å². The van der Waals surface area contributed by atoms with Gasteiger partial charge in [-0.15, -0.1) is 0 Å². The molecule has 0 unspecified atom stereocenters. The number of hydrogen-bond donors (Lipinski definition) is 5. The Bertz CT molecular complexity index is 1970. The predicted octanol–water partition coefficient (Wildman–Crippen LogP) is 2.29. The molecule has 2 bridgehead atoms. The first-order valence-electron chi connectivity index (χ1n) is 13.5. The number of nitrogens with two attached hydrogens (primary N) is 1. The highest BCUT2D eigenvalue weighted by molar-refractivity contribution is 8.44. The Morgan fingerprint density at radius 3 is 2.54 bits per heavy atom. The summed E-state index contributed by atoms with van der Waals surface area (Å²) < 4.78 is 83.3. The number of aryl methyl sites for hydroxylation is 1. The van der Waals surface area contributed by atoms with E-state index >= 15 is 4.39 Å². The third-order valence-electron chi connectivity index (χ3n) is 7.71. The number of anilines is 1. The summed E-state index contributed by atoms with van der Waals surface area (Å²) in [7, 11) is 0. The summed E-state index contributed by atoms with van der Waals surface area (Å²) in [4.78, 5) is 31.9. The second-order valence-electron chi connectivity index (χ2n) is 10.6. The van der Waals surface area contributed by atoms with E-state index in [0.29, 0.717) is 10.7 Å². The Morgan fingerprint density at radius 2 is 1.80 bits per heavy atom. The van der Waals surface area contributed by atoms with Crippen LogP contribution in [0.5, 0.6) is 0 Å². The fourth-order valence-corrected chi connectivity index (χ4v) is 9.49. The van der Waals surface area contributed by atoms with Gasteiger partial charge in [0.05, 0.1) is 37.1 Å². The first kappa shape index (κ1) is 32.5. The summed E-state index contributed by atoms with van der Waals surface area (Å²) in [6.07, 6.45) is -7.35. The number of nitrogens with zero attached hydrogens (tertiary/aromatic N) is 6. The lowest BCUT2D eigenvalue weighted by atomic mass is 9.96. The molecule has 24 heteroatoms. The van der Waals surface area contributed by atoms with Crippen LogP contribution in [0.3, 0.4) is 0 Å². The molecular weight excluding hydrogens is 713 g/mol. The van der Waals surface area contributed by atoms with Gasteiger partial charge in [-0.3, -0.25) is 27.5 Å². The van der Waals surface area contributed by atoms with Crippen molar-refractivity contribution in [3.05, 3.63) is 33.7 Å². The number of ether oxygens (including phenoxy) is 2. The van der Waals surface area contributed by atoms with Crippen molar-refractivity contribution < 1.29 is 46.2 Å². The maximum absolute atomic E-state index is 16.1. The highest BCUT2D eigenvalue weighted by Gasteiger charge is 2.54. The largest absolute Gasteiger partial charge is 0.396 e. The number of halogens is 1. The smallest absolute Gasteiger partial charge is 0.386 e. The number of aliphatic hydroxyl groups excluding tert-OH is 1. The van der Waals surface area contributed by atoms with Crippen molar-refractivity contribution in [3.8, 4) is 0 Å². The molecule has 4 N–H and O–H groups in total. The minimum Gasteiger partial charge on any atom is -0.396 e. The number of nitrogen functional groups attached to an aromatic ring is 1. The van der Waals surface area contributed by atoms with Crippen LogP contribution in [0.1, 0.15) is 23.0 Å². The number of imidazole rings is 1. The second-order valence-corrected chi connectivity index (χ2v) is 17.2. The van der Waals surface area contributed by atoms with Crippen molar-refractivity contribution in [1.82, 2.24) is 33.9 Å². The highest BCUT2D eigenvalue weighted by Crippen LogP contribution is 2.61. The van der Waals surface area contributed by atoms with Gasteiger partial charge in [0.25, 0.3) is 5.56 Å². The molecule has 3 fully saturated rings. The van der Waals surface area contributed by atoms with E-state index in [-0.39, 0.29) is 28.0 Å². The topological polar surface area (TPSA) is 238 Å². The van der Waals surface area contributed by atoms with Crippen LogP contribution < -0.4 is 11.3 Å². The molecule has 3 aliphatic rings. The quantitative estimate of drug-likeness (QED) is 0.150. The number of aromatic amines is 1. The van der Waals surface area contributed by atoms with Crippen LogP contribution in [0.4, 0.5) is 10.2 Å². The lowest BCUT2D eigenvalue weighted by Crippen LogP contribution is -2.33. The molecule has 0 aromatic carbocycles. The summed E-state index contributed by atoms with van der Waals surface area (Å²) in [5, 5.41) is 10.4. The van der Waals surface area contributed by atoms with E-state index < -0.39 is 87.8 Å². The van der Waals surface area contributed by atoms with E-state index in [2.05, 4.69) is 53.8 Å². The van der Waals surface area contributed by atoms with Gasteiger partial charge in [0, 0.05) is 5.92 Å². The van der Waals surface area contributed by atoms with Crippen molar-refractivity contribution in [2.75, 3.05) is 25.6 Å². The Labute approximate surface area is 272 Å². The predicted molar refractivity (Wildman–Crippen MR) is 164 cm³/mol. The Kier molecular flexibility index (Phi) is 8.55. The number of nitrogens with one attached hydrogen (secondary N) is 1. The fraction of sp³-hybridized carbons (Fsp3) is 0.545. The number of fused-ring (bicyclic) bond motifs is 5. The van der Waals surface area contributed by atoms with Gasteiger partial charge in [0.2, 0.25) is 0 Å². The molecule has 4 aromatic heterocycles. The molecule has 0 amide bonds. The number of alkyl halides is 1. The second kappa shape index (κ2) is 12.1. The van der Waals surface area contributed by atoms with Gasteiger partial charge < -0.3 is 25.3 Å². The number of H-pyrrole nitrogens is 1. The maximum atomic E-state index is 16.1. The number of rotatable bonds is 3. The summed E-state index contributed by atoms with van der Waals surface area (Å²) >= 11 is 9.10. The number of hydrogen-bond acceptors (Lipinski definition) is 17. The molecule has 3 saturated heterocycles. The first-order chi connectivity index (χ1) is 21.9. The van der Waals surface area contributed by atoms with Gasteiger partial charge in [-0.1, -0.05) is 24.5 Å². The number of aliphatic hydroxyl groups is 1. The van der Waals surface area contributed by atoms with Crippen LogP contribution >= 0.6 is 49.6 Å². The van der Waals surface area contributed by atoms with Crippen molar-refractivity contribution in [2.45, 2.75) is 49.8 Å². The summed E-state index contributed by atoms with van der Waals surface area (Å²) in [6, 6.07) is 0. The standard InChI is InChI=1S/C22H25FN8O10P2S3/c1-7-28-12-13(21(33)29-7)30-46-18(12)17-15-8(2-32)9(38-17)3-36-43(35,45)41-16-10(4-37-42(34,44)40-15)39-22(11(16)23)31-6-27-14-19(24)25-5-26-20(14)31/h5-6,8-11,15-17,22,32H,2-4H2,1H3,(H,34,44)(H,35,45)(H2,24,25,26)(H,28,29,33)/t8-,9-,10-,11-,15-,16-,17-,22-,42+,43+/m1/s1. The molecule has 7 rings (SSSR count). The zero-order valence-electron chi connectivity index (χ0n) is 23.4. The van der Waals surface area contributed by atoms with Crippen molar-refractivity contribution in [2.24, 2.45) is 5.92 Å². The molecule has 10 atom stereocenters. The van der Waals surface area contributed by atoms with Crippen LogP contribution in [0.25, 0.3) is 22.2 Å². The van der Waals surface area contributed by atoms with Gasteiger partial charge in [-0.25, -0.2) is 33.5 Å². The molecule has 0 aliphatic carbocycles. The van der Waals surface area contributed by atoms with E-state index in [1.54, 1.807) is 6.92 Å². The monoisotopic (exact) mass is 738 g/mol. The zero-order valence-corrected chi connectivity index (χ0v) is 27.7. The van der Waals surface area contributed by atoms with Crippen LogP contribution in [0.2, 0.25) is 0 Å². The first-order valence-corrected chi connectivity index (χ1v) is 19.7. The molecule has 0 spiro atoms. The normalized spacial score (nSPS) is 37.2. The van der Waals surface area contributed by atoms with E-state index in [9.17, 15) is 19.0 Å². The van der Waals surface area contributed by atoms with Crippen LogP contribution in [0.15, 0.2) is 17.4 Å². The van der Waals surface area contributed by atoms with Crippen LogP contribution in [-0.2, 0) is 36.7 Å². The third kappa shape index (κ3) is 5.81. The lowest BCUT2D eigenvalue weighted by Gasteiger charge is -2.26. The van der Waals surface area contributed by atoms with Crippen molar-refractivity contribution in [3.63, 3.8) is 0 Å². The van der Waals surface area contributed by atoms with E-state index in [0.717, 1.165) is 11.5 Å². The number of aromatic nitrogens is 7. The fourth-order valence-electron chi connectivity index (χ4n) is 5.63. The van der Waals surface area contributed by atoms with Gasteiger partial charge in [0.15, 0.2) is 29.4 Å². The average molecular weight is 739 g/mol. The SMILES string of the molecule is Cc1nc2c([C@@H]3O[C@@H]4CO[P@](=O)(S)O[C@H]5[C@@H](F)[C@H](n6cnc7c(N)ncnc76)O[C@@H]5CO[P@](=O)(S)O[C@@H]3[C@@H]4CO)snc2c(=O)[nH]1. The molecule has 3 aliphatic heterocycles. The van der Waals surface area contributed by atoms with Crippen LogP contribution in [0, 0.1) is 12.8 Å². The molecule has 248 valence electrons. The minimum atomic E-state index is -4.36. The molecule has 18 nitrogen and oxygen atoms in total. The summed E-state index contributed by atoms with van der Waals surface area (Å²) in [5.74, 6) is -0.579. The van der Waals surface area contributed by atoms with Gasteiger partial charge in [-0.2, -0.15) is 4.37 Å². The summed E-state index contributed by atoms with van der Waals surface area (Å²) in [6.45, 7) is -8.79. The zero-order chi connectivity index (χ0) is 32.5. The average Bonchev–Trinajstić information content (AvgIpc) is 3.75. The molecular formula is C22H25FN8O10P2S3. The molecule has 4 aromatic rings. The third-order valence-corrected chi connectivity index (χ3v) is 11.8. The Morgan fingerprint density at radius 1 is 1.09 bits per heavy atom. The van der Waals surface area contributed by atoms with Gasteiger partial charge in [-0.05, 0) is 18.5 Å². The Balaban J connectivity index is 1.22. The summed E-state index contributed by atoms with van der Waals surface area (Å²) in [5.41, 5.74) is 5.99. The van der Waals surface area contributed by atoms with E-state index in [1.165, 1.54) is 17.2 Å². The Hall–Kier alpha value is -2.07. The maximum Gasteiger partial charge on any atom is 0.386 e. The van der Waals surface area contributed by atoms with E-state index in [1.807, 2.05) is 0 Å². The molecule has 0 radical (unpaired) electrons. The number of thiol groups is 2. The van der Waals surface area contributed by atoms with E-state index in [4.69, 9.17) is 33.3 Å². The van der Waals surface area contributed by atoms with Gasteiger partial charge in [0.1, 0.15) is 47.6 Å². The minimum absolute atomic E-state index is 0.0424. The van der Waals surface area contributed by atoms with Gasteiger partial charge >= 0.3 is 13.6 Å². The van der Waals surface area contributed by atoms with Crippen LogP contribution in [-0.4, -0.2) is 89.4 Å². The molecule has 7 heterocycles. The lowest BCUT2D eigenvalue weighted by molar-refractivity contribution is -0.0452. The van der Waals surface area contributed by atoms with Crippen molar-refractivity contribution >= 4 is 77.6 Å².